The van der Waals surface area contributed by atoms with Gasteiger partial charge < -0.3 is 14.6 Å². The molecule has 14 heavy (non-hydrogen) atoms. The van der Waals surface area contributed by atoms with E-state index < -0.39 is 11.1 Å². The molecule has 1 N–H and O–H groups in total. The van der Waals surface area contributed by atoms with Crippen LogP contribution in [0.15, 0.2) is 11.1 Å². The van der Waals surface area contributed by atoms with Gasteiger partial charge in [0, 0.05) is 0 Å². The van der Waals surface area contributed by atoms with Crippen LogP contribution in [0, 0.1) is 0 Å². The second-order valence-corrected chi connectivity index (χ2v) is 3.94. The minimum atomic E-state index is -2.28. The lowest BCUT2D eigenvalue weighted by Gasteiger charge is -2.24. The predicted octanol–water partition coefficient (Wildman–Crippen LogP) is -0.899. The fourth-order valence-electron chi connectivity index (χ4n) is 1.36. The second-order valence-electron chi connectivity index (χ2n) is 3.03. The third-order valence-electron chi connectivity index (χ3n) is 2.16. The molecule has 1 aromatic rings. The molecule has 0 saturated heterocycles. The zero-order valence-corrected chi connectivity index (χ0v) is 8.41. The Bertz CT molecular complexity index is 365. The van der Waals surface area contributed by atoms with Crippen molar-refractivity contribution in [3.63, 3.8) is 0 Å². The van der Waals surface area contributed by atoms with Gasteiger partial charge in [-0.05, 0) is 18.1 Å². The van der Waals surface area contributed by atoms with E-state index in [1.807, 2.05) is 7.05 Å². The van der Waals surface area contributed by atoms with E-state index in [0.29, 0.717) is 19.0 Å². The Morgan fingerprint density at radius 2 is 2.64 bits per heavy atom. The average Bonchev–Trinajstić information content (AvgIpc) is 2.59. The largest absolute Gasteiger partial charge is 0.768 e. The summed E-state index contributed by atoms with van der Waals surface area (Å²) in [6, 6.07) is 0.176. The lowest BCUT2D eigenvalue weighted by molar-refractivity contribution is 0.184. The van der Waals surface area contributed by atoms with Crippen molar-refractivity contribution in [1.82, 2.24) is 15.1 Å². The fourth-order valence-corrected chi connectivity index (χ4v) is 1.80. The van der Waals surface area contributed by atoms with E-state index in [-0.39, 0.29) is 10.9 Å². The maximum atomic E-state index is 10.7. The quantitative estimate of drug-likeness (QED) is 0.648. The third kappa shape index (κ3) is 1.54. The molecule has 1 aliphatic rings. The Morgan fingerprint density at radius 1 is 1.86 bits per heavy atom. The maximum Gasteiger partial charge on any atom is 0.227 e. The van der Waals surface area contributed by atoms with E-state index in [9.17, 15) is 8.76 Å². The molecule has 0 amide bonds. The molecule has 7 heteroatoms. The summed E-state index contributed by atoms with van der Waals surface area (Å²) in [5.74, 6) is 0.338. The smallest absolute Gasteiger partial charge is 0.227 e. The van der Waals surface area contributed by atoms with Gasteiger partial charge in [0.05, 0.1) is 18.8 Å². The number of rotatable bonds is 2. The normalized spacial score (nSPS) is 22.6. The van der Waals surface area contributed by atoms with Gasteiger partial charge in [-0.2, -0.15) is 5.10 Å². The van der Waals surface area contributed by atoms with Gasteiger partial charge in [0.2, 0.25) is 5.88 Å². The number of fused-ring (bicyclic) bond motifs is 1. The number of likely N-dealkylation sites (N-methyl/N-ethyl adjacent to an activating group) is 1. The molecule has 1 aromatic heterocycles. The van der Waals surface area contributed by atoms with Gasteiger partial charge in [0.25, 0.3) is 0 Å². The van der Waals surface area contributed by atoms with Crippen LogP contribution in [0.2, 0.25) is 0 Å². The Kier molecular flexibility index (Phi) is 2.53. The molecule has 0 bridgehead atoms. The van der Waals surface area contributed by atoms with Gasteiger partial charge in [0.1, 0.15) is 11.5 Å². The molecular weight excluding hydrogens is 206 g/mol. The van der Waals surface area contributed by atoms with Crippen molar-refractivity contribution in [1.29, 1.82) is 0 Å². The van der Waals surface area contributed by atoms with Crippen molar-refractivity contribution in [3.8, 4) is 5.88 Å². The third-order valence-corrected chi connectivity index (χ3v) is 2.80. The molecule has 0 aliphatic carbocycles. The number of nitrogens with one attached hydrogen (secondary N) is 1. The fraction of sp³-hybridized carbons (Fsp3) is 0.571. The molecule has 2 atom stereocenters. The topological polar surface area (TPSA) is 79.2 Å². The van der Waals surface area contributed by atoms with Gasteiger partial charge >= 0.3 is 0 Å². The van der Waals surface area contributed by atoms with Crippen molar-refractivity contribution in [2.75, 3.05) is 13.7 Å². The van der Waals surface area contributed by atoms with Crippen LogP contribution in [0.25, 0.3) is 0 Å². The van der Waals surface area contributed by atoms with Crippen LogP contribution in [0.5, 0.6) is 5.88 Å². The monoisotopic (exact) mass is 216 g/mol. The van der Waals surface area contributed by atoms with Crippen LogP contribution < -0.4 is 10.1 Å². The standard InChI is InChI=1S/C7H11N3O3S/c1-8-5-3-10-7(13-4-5)6(2-9-10)14(11)12/h2,5,8H,3-4H2,1H3,(H,11,12)/p-1/t5-/m0/s1. The Labute approximate surface area is 83.5 Å². The lowest BCUT2D eigenvalue weighted by atomic mass is 10.3. The number of aromatic nitrogens is 2. The Balaban J connectivity index is 2.29. The number of hydrogen-bond acceptors (Lipinski definition) is 5. The summed E-state index contributed by atoms with van der Waals surface area (Å²) >= 11 is -2.28. The van der Waals surface area contributed by atoms with Gasteiger partial charge in [0.15, 0.2) is 0 Å². The van der Waals surface area contributed by atoms with Crippen molar-refractivity contribution in [2.24, 2.45) is 0 Å². The van der Waals surface area contributed by atoms with E-state index >= 15 is 0 Å². The van der Waals surface area contributed by atoms with Crippen molar-refractivity contribution in [3.05, 3.63) is 6.20 Å². The highest BCUT2D eigenvalue weighted by Crippen LogP contribution is 2.24. The number of hydrogen-bond donors (Lipinski definition) is 1. The van der Waals surface area contributed by atoms with Crippen LogP contribution in [0.3, 0.4) is 0 Å². The summed E-state index contributed by atoms with van der Waals surface area (Å²) in [7, 11) is 1.83. The maximum absolute atomic E-state index is 10.7. The zero-order valence-electron chi connectivity index (χ0n) is 7.60. The van der Waals surface area contributed by atoms with Crippen molar-refractivity contribution < 1.29 is 13.5 Å². The molecule has 0 fully saturated rings. The molecule has 0 saturated carbocycles. The highest BCUT2D eigenvalue weighted by molar-refractivity contribution is 7.79. The highest BCUT2D eigenvalue weighted by atomic mass is 32.2. The molecule has 2 rings (SSSR count). The van der Waals surface area contributed by atoms with Crippen molar-refractivity contribution in [2.45, 2.75) is 17.5 Å². The first-order valence-electron chi connectivity index (χ1n) is 4.17. The van der Waals surface area contributed by atoms with E-state index in [1.165, 1.54) is 6.20 Å². The molecule has 1 aliphatic heterocycles. The lowest BCUT2D eigenvalue weighted by Crippen LogP contribution is -2.39. The van der Waals surface area contributed by atoms with Gasteiger partial charge in [-0.15, -0.1) is 0 Å². The summed E-state index contributed by atoms with van der Waals surface area (Å²) in [4.78, 5) is 0.125. The molecular formula is C7H10N3O3S-. The van der Waals surface area contributed by atoms with Gasteiger partial charge in [-0.25, -0.2) is 4.68 Å². The molecule has 0 radical (unpaired) electrons. The highest BCUT2D eigenvalue weighted by Gasteiger charge is 2.22. The Morgan fingerprint density at radius 3 is 3.29 bits per heavy atom. The molecule has 6 nitrogen and oxygen atoms in total. The van der Waals surface area contributed by atoms with Gasteiger partial charge in [-0.1, -0.05) is 0 Å². The predicted molar refractivity (Wildman–Crippen MR) is 47.8 cm³/mol. The summed E-state index contributed by atoms with van der Waals surface area (Å²) in [5.41, 5.74) is 0. The summed E-state index contributed by atoms with van der Waals surface area (Å²) in [5, 5.41) is 6.98. The average molecular weight is 216 g/mol. The van der Waals surface area contributed by atoms with Crippen LogP contribution in [-0.2, 0) is 17.6 Å². The Hall–Kier alpha value is -0.920. The van der Waals surface area contributed by atoms with E-state index in [0.717, 1.165) is 0 Å². The van der Waals surface area contributed by atoms with E-state index in [4.69, 9.17) is 4.74 Å². The number of ether oxygens (including phenoxy) is 1. The van der Waals surface area contributed by atoms with E-state index in [2.05, 4.69) is 10.4 Å². The number of nitrogens with zero attached hydrogens (tertiary/aromatic N) is 2. The first kappa shape index (κ1) is 9.63. The molecule has 0 spiro atoms. The van der Waals surface area contributed by atoms with Crippen LogP contribution >= 0.6 is 0 Å². The molecule has 78 valence electrons. The first-order valence-corrected chi connectivity index (χ1v) is 5.25. The minimum absolute atomic E-state index is 0.125. The molecule has 0 aromatic carbocycles. The first-order chi connectivity index (χ1) is 6.72. The SMILES string of the molecule is CN[C@@H]1COc2c(S(=O)[O-])cnn2C1. The zero-order chi connectivity index (χ0) is 10.1. The second kappa shape index (κ2) is 3.68. The van der Waals surface area contributed by atoms with Gasteiger partial charge in [-0.3, -0.25) is 4.21 Å². The summed E-state index contributed by atoms with van der Waals surface area (Å²) in [6.07, 6.45) is 1.30. The van der Waals surface area contributed by atoms with Crippen molar-refractivity contribution >= 4 is 11.1 Å². The summed E-state index contributed by atoms with van der Waals surface area (Å²) < 4.78 is 28.3. The van der Waals surface area contributed by atoms with Crippen LogP contribution in [0.4, 0.5) is 0 Å². The van der Waals surface area contributed by atoms with Crippen LogP contribution in [-0.4, -0.2) is 38.2 Å². The van der Waals surface area contributed by atoms with E-state index in [1.54, 1.807) is 4.68 Å². The molecule has 2 heterocycles. The minimum Gasteiger partial charge on any atom is -0.768 e. The molecule has 1 unspecified atom stereocenters. The van der Waals surface area contributed by atoms with Crippen LogP contribution in [0.1, 0.15) is 0 Å². The summed E-state index contributed by atoms with van der Waals surface area (Å²) in [6.45, 7) is 1.09.